The molecule has 0 saturated heterocycles. The second-order valence-corrected chi connectivity index (χ2v) is 9.72. The van der Waals surface area contributed by atoms with Crippen LogP contribution in [0.5, 0.6) is 0 Å². The zero-order valence-electron chi connectivity index (χ0n) is 11.3. The maximum absolute atomic E-state index is 2.65. The highest BCUT2D eigenvalue weighted by atomic mass is 127. The van der Waals surface area contributed by atoms with Crippen LogP contribution in [0.15, 0.2) is 0 Å². The normalized spacial score (nSPS) is 40.2. The SMILES string of the molecule is C[C@@H](CI)CC12CCCCC1(C[C@@H](C)I)CC2. The molecule has 100 valence electrons. The van der Waals surface area contributed by atoms with E-state index < -0.39 is 0 Å². The molecule has 0 amide bonds. The van der Waals surface area contributed by atoms with E-state index in [9.17, 15) is 0 Å². The monoisotopic (exact) mass is 460 g/mol. The van der Waals surface area contributed by atoms with E-state index in [0.29, 0.717) is 0 Å². The highest BCUT2D eigenvalue weighted by Crippen LogP contribution is 2.69. The van der Waals surface area contributed by atoms with Gasteiger partial charge in [0.05, 0.1) is 0 Å². The van der Waals surface area contributed by atoms with Gasteiger partial charge < -0.3 is 0 Å². The molecule has 2 aliphatic rings. The second kappa shape index (κ2) is 5.84. The van der Waals surface area contributed by atoms with E-state index in [4.69, 9.17) is 0 Å². The Morgan fingerprint density at radius 2 is 1.47 bits per heavy atom. The average molecular weight is 460 g/mol. The van der Waals surface area contributed by atoms with Crippen molar-refractivity contribution < 1.29 is 0 Å². The molecule has 0 aromatic carbocycles. The molecule has 0 bridgehead atoms. The van der Waals surface area contributed by atoms with Crippen LogP contribution in [0.25, 0.3) is 0 Å². The molecule has 4 atom stereocenters. The average Bonchev–Trinajstić information content (AvgIpc) is 2.27. The number of halogens is 2. The van der Waals surface area contributed by atoms with Gasteiger partial charge in [-0.1, -0.05) is 71.9 Å². The summed E-state index contributed by atoms with van der Waals surface area (Å²) in [5.41, 5.74) is 1.52. The van der Waals surface area contributed by atoms with Gasteiger partial charge in [-0.3, -0.25) is 0 Å². The van der Waals surface area contributed by atoms with Gasteiger partial charge in [0.2, 0.25) is 0 Å². The van der Waals surface area contributed by atoms with Crippen molar-refractivity contribution in [2.75, 3.05) is 4.43 Å². The largest absolute Gasteiger partial charge is 0.0861 e. The van der Waals surface area contributed by atoms with E-state index in [0.717, 1.165) is 20.7 Å². The fourth-order valence-corrected chi connectivity index (χ4v) is 5.79. The molecule has 2 fully saturated rings. The highest BCUT2D eigenvalue weighted by Gasteiger charge is 2.58. The lowest BCUT2D eigenvalue weighted by molar-refractivity contribution is -0.133. The van der Waals surface area contributed by atoms with Gasteiger partial charge >= 0.3 is 0 Å². The molecule has 0 aliphatic heterocycles. The van der Waals surface area contributed by atoms with Crippen LogP contribution >= 0.6 is 45.2 Å². The van der Waals surface area contributed by atoms with Crippen molar-refractivity contribution in [1.82, 2.24) is 0 Å². The quantitative estimate of drug-likeness (QED) is 0.349. The van der Waals surface area contributed by atoms with Gasteiger partial charge in [-0.15, -0.1) is 0 Å². The first-order chi connectivity index (χ1) is 8.04. The minimum atomic E-state index is 0.756. The van der Waals surface area contributed by atoms with Crippen LogP contribution in [-0.4, -0.2) is 8.35 Å². The van der Waals surface area contributed by atoms with Crippen molar-refractivity contribution in [3.05, 3.63) is 0 Å². The fourth-order valence-electron chi connectivity index (χ4n) is 4.64. The Morgan fingerprint density at radius 1 is 0.941 bits per heavy atom. The van der Waals surface area contributed by atoms with Crippen LogP contribution in [0, 0.1) is 16.7 Å². The molecule has 2 unspecified atom stereocenters. The van der Waals surface area contributed by atoms with E-state index in [1.165, 1.54) is 55.8 Å². The molecule has 0 aromatic rings. The Labute approximate surface area is 134 Å². The molecule has 2 heteroatoms. The third-order valence-corrected chi connectivity index (χ3v) is 7.39. The predicted octanol–water partition coefficient (Wildman–Crippen LogP) is 6.00. The molecule has 0 N–H and O–H groups in total. The van der Waals surface area contributed by atoms with E-state index in [2.05, 4.69) is 59.0 Å². The smallest absolute Gasteiger partial charge is 0.00868 e. The van der Waals surface area contributed by atoms with E-state index in [1.807, 2.05) is 0 Å². The van der Waals surface area contributed by atoms with Crippen LogP contribution in [0.1, 0.15) is 65.2 Å². The summed E-state index contributed by atoms with van der Waals surface area (Å²) in [6.07, 6.45) is 12.2. The van der Waals surface area contributed by atoms with Crippen molar-refractivity contribution in [2.24, 2.45) is 16.7 Å². The van der Waals surface area contributed by atoms with Crippen molar-refractivity contribution in [1.29, 1.82) is 0 Å². The summed E-state index contributed by atoms with van der Waals surface area (Å²) >= 11 is 5.22. The van der Waals surface area contributed by atoms with Crippen molar-refractivity contribution in [3.8, 4) is 0 Å². The fraction of sp³-hybridized carbons (Fsp3) is 1.00. The lowest BCUT2D eigenvalue weighted by Gasteiger charge is -2.64. The zero-order chi connectivity index (χ0) is 12.5. The van der Waals surface area contributed by atoms with Gasteiger partial charge in [0.1, 0.15) is 0 Å². The van der Waals surface area contributed by atoms with Crippen molar-refractivity contribution >= 4 is 45.2 Å². The van der Waals surface area contributed by atoms with E-state index in [-0.39, 0.29) is 0 Å². The van der Waals surface area contributed by atoms with Crippen LogP contribution in [0.3, 0.4) is 0 Å². The summed E-state index contributed by atoms with van der Waals surface area (Å²) < 4.78 is 2.20. The molecular formula is C15H26I2. The van der Waals surface area contributed by atoms with E-state index >= 15 is 0 Å². The molecule has 0 radical (unpaired) electrons. The number of hydrogen-bond donors (Lipinski definition) is 0. The number of rotatable bonds is 5. The molecule has 0 heterocycles. The minimum absolute atomic E-state index is 0.756. The summed E-state index contributed by atoms with van der Waals surface area (Å²) in [5.74, 6) is 0.929. The lowest BCUT2D eigenvalue weighted by atomic mass is 9.41. The minimum Gasteiger partial charge on any atom is -0.0861 e. The molecule has 2 saturated carbocycles. The molecular weight excluding hydrogens is 434 g/mol. The van der Waals surface area contributed by atoms with Gasteiger partial charge in [0.25, 0.3) is 0 Å². The molecule has 0 nitrogen and oxygen atoms in total. The van der Waals surface area contributed by atoms with E-state index in [1.54, 1.807) is 0 Å². The zero-order valence-corrected chi connectivity index (χ0v) is 15.6. The van der Waals surface area contributed by atoms with Crippen LogP contribution in [0.2, 0.25) is 0 Å². The predicted molar refractivity (Wildman–Crippen MR) is 93.3 cm³/mol. The topological polar surface area (TPSA) is 0 Å². The van der Waals surface area contributed by atoms with Crippen molar-refractivity contribution in [3.63, 3.8) is 0 Å². The van der Waals surface area contributed by atoms with Gasteiger partial charge in [0, 0.05) is 8.35 Å². The van der Waals surface area contributed by atoms with Crippen LogP contribution < -0.4 is 0 Å². The van der Waals surface area contributed by atoms with Crippen LogP contribution in [0.4, 0.5) is 0 Å². The van der Waals surface area contributed by atoms with Crippen molar-refractivity contribution in [2.45, 2.75) is 69.1 Å². The molecule has 0 spiro atoms. The molecule has 0 aromatic heterocycles. The summed E-state index contributed by atoms with van der Waals surface area (Å²) in [7, 11) is 0. The first-order valence-electron chi connectivity index (χ1n) is 7.24. The standard InChI is InChI=1S/C15H26I2/c1-12(11-16)9-14-5-3-4-6-15(14,8-7-14)10-13(2)17/h12-13H,3-11H2,1-2H3/t12-,13-,14?,15?/m1/s1. The van der Waals surface area contributed by atoms with Gasteiger partial charge in [-0.05, 0) is 55.3 Å². The van der Waals surface area contributed by atoms with Gasteiger partial charge in [-0.2, -0.15) is 0 Å². The van der Waals surface area contributed by atoms with Gasteiger partial charge in [-0.25, -0.2) is 0 Å². The number of hydrogen-bond acceptors (Lipinski definition) is 0. The number of fused-ring (bicyclic) bond motifs is 1. The first-order valence-corrected chi connectivity index (χ1v) is 10.0. The molecule has 2 rings (SSSR count). The Morgan fingerprint density at radius 3 is 1.88 bits per heavy atom. The van der Waals surface area contributed by atoms with Crippen LogP contribution in [-0.2, 0) is 0 Å². The summed E-state index contributed by atoms with van der Waals surface area (Å²) in [4.78, 5) is 0. The summed E-state index contributed by atoms with van der Waals surface area (Å²) in [6, 6.07) is 0. The molecule has 2 aliphatic carbocycles. The maximum atomic E-state index is 2.65. The second-order valence-electron chi connectivity index (χ2n) is 6.72. The Hall–Kier alpha value is 1.46. The number of alkyl halides is 2. The summed E-state index contributed by atoms with van der Waals surface area (Å²) in [6.45, 7) is 4.88. The Bertz CT molecular complexity index is 264. The molecule has 17 heavy (non-hydrogen) atoms. The highest BCUT2D eigenvalue weighted by molar-refractivity contribution is 14.1. The first kappa shape index (κ1) is 14.9. The third kappa shape index (κ3) is 2.82. The Kier molecular flexibility index (Phi) is 5.11. The lowest BCUT2D eigenvalue weighted by Crippen LogP contribution is -2.54. The Balaban J connectivity index is 2.11. The maximum Gasteiger partial charge on any atom is 0.00868 e. The third-order valence-electron chi connectivity index (χ3n) is 5.44. The van der Waals surface area contributed by atoms with Gasteiger partial charge in [0.15, 0.2) is 0 Å². The summed E-state index contributed by atoms with van der Waals surface area (Å²) in [5, 5.41) is 0.